The van der Waals surface area contributed by atoms with Crippen molar-refractivity contribution in [3.63, 3.8) is 0 Å². The minimum Gasteiger partial charge on any atom is -0.494 e. The quantitative estimate of drug-likeness (QED) is 0.469. The van der Waals surface area contributed by atoms with Crippen LogP contribution < -0.4 is 10.8 Å². The maximum absolute atomic E-state index is 10.4. The standard InChI is InChI=1S/C5H7N3O3/c1-11-8(5(9)10)3-2-4(6)7-8/h2-3H,1H3,(H2-,6,7,9,10)/t8-/m0/s1. The van der Waals surface area contributed by atoms with Crippen LogP contribution >= 0.6 is 0 Å². The molecule has 0 saturated heterocycles. The number of carboxylic acid groups (broad SMARTS) is 1. The molecule has 1 atom stereocenters. The molecule has 11 heavy (non-hydrogen) atoms. The third-order valence-electron chi connectivity index (χ3n) is 1.25. The molecule has 6 heteroatoms. The molecule has 0 bridgehead atoms. The Bertz CT molecular complexity index is 247. The van der Waals surface area contributed by atoms with Crippen molar-refractivity contribution in [2.45, 2.75) is 0 Å². The Balaban J connectivity index is 2.98. The summed E-state index contributed by atoms with van der Waals surface area (Å²) in [6.07, 6.45) is 1.02. The van der Waals surface area contributed by atoms with E-state index in [1.54, 1.807) is 0 Å². The lowest BCUT2D eigenvalue weighted by molar-refractivity contribution is -1.02. The van der Waals surface area contributed by atoms with Gasteiger partial charge in [-0.3, -0.25) is 0 Å². The lowest BCUT2D eigenvalue weighted by atomic mass is 10.6. The summed E-state index contributed by atoms with van der Waals surface area (Å²) in [4.78, 5) is 15.0. The zero-order chi connectivity index (χ0) is 8.48. The molecule has 0 aliphatic carbocycles. The van der Waals surface area contributed by atoms with Crippen LogP contribution in [0.3, 0.4) is 0 Å². The highest BCUT2D eigenvalue weighted by molar-refractivity contribution is 5.92. The number of carbonyl (C=O) groups is 1. The number of nitrogens with zero attached hydrogens (tertiary/aromatic N) is 2. The molecule has 1 heterocycles. The van der Waals surface area contributed by atoms with Crippen LogP contribution in [-0.4, -0.2) is 23.8 Å². The molecule has 1 amide bonds. The highest BCUT2D eigenvalue weighted by atomic mass is 16.8. The number of amides is 1. The Morgan fingerprint density at radius 1 is 1.91 bits per heavy atom. The number of hydrogen-bond acceptors (Lipinski definition) is 5. The van der Waals surface area contributed by atoms with Crippen molar-refractivity contribution >= 4 is 11.9 Å². The van der Waals surface area contributed by atoms with Gasteiger partial charge in [0.2, 0.25) is 0 Å². The van der Waals surface area contributed by atoms with Gasteiger partial charge in [-0.05, 0) is 5.10 Å². The van der Waals surface area contributed by atoms with Crippen LogP contribution in [0.15, 0.2) is 17.4 Å². The van der Waals surface area contributed by atoms with Gasteiger partial charge in [0.25, 0.3) is 0 Å². The molecule has 0 saturated carbocycles. The van der Waals surface area contributed by atoms with E-state index in [-0.39, 0.29) is 5.84 Å². The van der Waals surface area contributed by atoms with Gasteiger partial charge < -0.3 is 15.6 Å². The van der Waals surface area contributed by atoms with E-state index in [1.165, 1.54) is 19.4 Å². The summed E-state index contributed by atoms with van der Waals surface area (Å²) in [6.45, 7) is 0. The Hall–Kier alpha value is -1.40. The molecule has 0 spiro atoms. The third-order valence-corrected chi connectivity index (χ3v) is 1.25. The highest BCUT2D eigenvalue weighted by Gasteiger charge is 2.33. The van der Waals surface area contributed by atoms with E-state index in [2.05, 4.69) is 9.94 Å². The van der Waals surface area contributed by atoms with Crippen LogP contribution in [0.5, 0.6) is 0 Å². The summed E-state index contributed by atoms with van der Waals surface area (Å²) in [6, 6.07) is 0. The third kappa shape index (κ3) is 1.08. The summed E-state index contributed by atoms with van der Waals surface area (Å²) < 4.78 is -1.05. The summed E-state index contributed by atoms with van der Waals surface area (Å²) in [5, 5.41) is 13.9. The first-order chi connectivity index (χ1) is 5.10. The second kappa shape index (κ2) is 2.33. The van der Waals surface area contributed by atoms with Crippen LogP contribution in [0.2, 0.25) is 0 Å². The number of carbonyl (C=O) groups excluding carboxylic acids is 1. The molecule has 0 aromatic heterocycles. The molecule has 0 fully saturated rings. The zero-order valence-electron chi connectivity index (χ0n) is 5.85. The van der Waals surface area contributed by atoms with Crippen LogP contribution in [0.1, 0.15) is 0 Å². The van der Waals surface area contributed by atoms with Gasteiger partial charge in [-0.25, -0.2) is 0 Å². The van der Waals surface area contributed by atoms with Crippen LogP contribution in [0.4, 0.5) is 4.79 Å². The predicted octanol–water partition coefficient (Wildman–Crippen LogP) is -1.49. The van der Waals surface area contributed by atoms with E-state index in [0.29, 0.717) is 0 Å². The van der Waals surface area contributed by atoms with Gasteiger partial charge in [0.1, 0.15) is 0 Å². The first-order valence-electron chi connectivity index (χ1n) is 2.82. The maximum atomic E-state index is 10.4. The SMILES string of the molecule is CO[N@+]1(C(=O)[O-])C=CC(N)=N1. The molecule has 1 aliphatic heterocycles. The largest absolute Gasteiger partial charge is 0.494 e. The number of quaternary nitrogens is 1. The summed E-state index contributed by atoms with van der Waals surface area (Å²) in [7, 11) is 1.20. The fourth-order valence-electron chi connectivity index (χ4n) is 0.694. The van der Waals surface area contributed by atoms with Crippen molar-refractivity contribution < 1.29 is 19.5 Å². The van der Waals surface area contributed by atoms with E-state index < -0.39 is 10.8 Å². The second-order valence-electron chi connectivity index (χ2n) is 1.91. The molecule has 0 aromatic carbocycles. The fourth-order valence-corrected chi connectivity index (χ4v) is 0.694. The Kier molecular flexibility index (Phi) is 1.63. The van der Waals surface area contributed by atoms with E-state index in [0.717, 1.165) is 0 Å². The topological polar surface area (TPSA) is 87.7 Å². The van der Waals surface area contributed by atoms with Gasteiger partial charge in [-0.2, -0.15) is 4.84 Å². The van der Waals surface area contributed by atoms with Gasteiger partial charge in [-0.1, -0.05) is 0 Å². The summed E-state index contributed by atoms with van der Waals surface area (Å²) in [5.41, 5.74) is 5.20. The van der Waals surface area contributed by atoms with Gasteiger partial charge in [0.15, 0.2) is 12.0 Å². The lowest BCUT2D eigenvalue weighted by Crippen LogP contribution is -2.49. The minimum atomic E-state index is -1.48. The Morgan fingerprint density at radius 2 is 2.55 bits per heavy atom. The van der Waals surface area contributed by atoms with E-state index >= 15 is 0 Å². The molecule has 6 nitrogen and oxygen atoms in total. The van der Waals surface area contributed by atoms with Crippen LogP contribution in [0, 0.1) is 0 Å². The average Bonchev–Trinajstić information content (AvgIpc) is 2.33. The normalized spacial score (nSPS) is 28.6. The van der Waals surface area contributed by atoms with Gasteiger partial charge >= 0.3 is 6.09 Å². The van der Waals surface area contributed by atoms with E-state index in [9.17, 15) is 9.90 Å². The molecular weight excluding hydrogens is 150 g/mol. The van der Waals surface area contributed by atoms with Gasteiger partial charge in [0.05, 0.1) is 7.11 Å². The second-order valence-corrected chi connectivity index (χ2v) is 1.91. The number of rotatable bonds is 1. The molecule has 0 radical (unpaired) electrons. The Morgan fingerprint density at radius 3 is 2.73 bits per heavy atom. The van der Waals surface area contributed by atoms with Gasteiger partial charge in [-0.15, -0.1) is 0 Å². The number of hydroxylamine groups is 2. The predicted molar refractivity (Wildman–Crippen MR) is 33.4 cm³/mol. The average molecular weight is 157 g/mol. The highest BCUT2D eigenvalue weighted by Crippen LogP contribution is 2.14. The molecular formula is C5H7N3O3. The summed E-state index contributed by atoms with van der Waals surface area (Å²) in [5.74, 6) is 0.0936. The monoisotopic (exact) mass is 157 g/mol. The molecule has 1 aliphatic rings. The molecule has 0 aromatic rings. The van der Waals surface area contributed by atoms with Crippen molar-refractivity contribution in [1.82, 2.24) is 0 Å². The van der Waals surface area contributed by atoms with E-state index in [1.807, 2.05) is 0 Å². The maximum Gasteiger partial charge on any atom is 0.326 e. The first kappa shape index (κ1) is 7.70. The molecule has 2 N–H and O–H groups in total. The fraction of sp³-hybridized carbons (Fsp3) is 0.200. The lowest BCUT2D eigenvalue weighted by Gasteiger charge is -2.19. The van der Waals surface area contributed by atoms with Crippen molar-refractivity contribution in [3.8, 4) is 0 Å². The Labute approximate surface area is 62.7 Å². The number of nitrogens with two attached hydrogens (primary N) is 1. The molecule has 60 valence electrons. The molecule has 0 unspecified atom stereocenters. The smallest absolute Gasteiger partial charge is 0.326 e. The van der Waals surface area contributed by atoms with Crippen molar-refractivity contribution in [2.75, 3.05) is 7.11 Å². The number of amidine groups is 1. The van der Waals surface area contributed by atoms with Crippen molar-refractivity contribution in [2.24, 2.45) is 10.8 Å². The molecule has 1 rings (SSSR count). The van der Waals surface area contributed by atoms with Crippen molar-refractivity contribution in [1.29, 1.82) is 0 Å². The van der Waals surface area contributed by atoms with Gasteiger partial charge in [0, 0.05) is 10.8 Å². The zero-order valence-corrected chi connectivity index (χ0v) is 5.85. The first-order valence-corrected chi connectivity index (χ1v) is 2.82. The van der Waals surface area contributed by atoms with E-state index in [4.69, 9.17) is 5.73 Å². The van der Waals surface area contributed by atoms with Crippen LogP contribution in [0.25, 0.3) is 0 Å². The summed E-state index contributed by atoms with van der Waals surface area (Å²) >= 11 is 0. The number of hydrogen-bond donors (Lipinski definition) is 1. The van der Waals surface area contributed by atoms with Crippen LogP contribution in [-0.2, 0) is 4.84 Å². The minimum absolute atomic E-state index is 0.0936. The van der Waals surface area contributed by atoms with Crippen molar-refractivity contribution in [3.05, 3.63) is 12.3 Å².